The Morgan fingerprint density at radius 2 is 1.58 bits per heavy atom. The van der Waals surface area contributed by atoms with E-state index in [0.29, 0.717) is 11.6 Å². The molecule has 0 aliphatic carbocycles. The van der Waals surface area contributed by atoms with Crippen molar-refractivity contribution in [1.29, 1.82) is 0 Å². The number of hydrazine groups is 1. The predicted octanol–water partition coefficient (Wildman–Crippen LogP) is 2.32. The number of nitrogens with one attached hydrogen (secondary N) is 2. The summed E-state index contributed by atoms with van der Waals surface area (Å²) in [5.74, 6) is 0. The van der Waals surface area contributed by atoms with Crippen LogP contribution in [0.3, 0.4) is 0 Å². The van der Waals surface area contributed by atoms with E-state index in [1.54, 1.807) is 0 Å². The quantitative estimate of drug-likeness (QED) is 0.833. The molecule has 6 heteroatoms. The van der Waals surface area contributed by atoms with E-state index >= 15 is 0 Å². The fourth-order valence-corrected chi connectivity index (χ4v) is 2.50. The highest BCUT2D eigenvalue weighted by molar-refractivity contribution is 7.89. The first-order chi connectivity index (χ1) is 9.08. The van der Waals surface area contributed by atoms with Crippen LogP contribution < -0.4 is 10.3 Å². The fourth-order valence-electron chi connectivity index (χ4n) is 1.50. The minimum absolute atomic E-state index is 0.164. The van der Waals surface area contributed by atoms with E-state index < -0.39 is 10.0 Å². The number of hydrogen-bond donors (Lipinski definition) is 2. The summed E-state index contributed by atoms with van der Waals surface area (Å²) in [5, 5.41) is 0.496. The van der Waals surface area contributed by atoms with E-state index in [0.717, 1.165) is 5.56 Å². The van der Waals surface area contributed by atoms with Crippen molar-refractivity contribution >= 4 is 21.6 Å². The zero-order valence-corrected chi connectivity index (χ0v) is 11.6. The lowest BCUT2D eigenvalue weighted by atomic mass is 10.2. The van der Waals surface area contributed by atoms with Crippen LogP contribution in [-0.2, 0) is 16.6 Å². The number of hydrogen-bond acceptors (Lipinski definition) is 3. The normalized spacial score (nSPS) is 11.4. The van der Waals surface area contributed by atoms with Gasteiger partial charge < -0.3 is 0 Å². The third kappa shape index (κ3) is 4.04. The van der Waals surface area contributed by atoms with E-state index in [4.69, 9.17) is 11.6 Å². The molecule has 0 amide bonds. The number of rotatable bonds is 5. The third-order valence-corrected chi connectivity index (χ3v) is 4.02. The maximum Gasteiger partial charge on any atom is 0.253 e. The highest BCUT2D eigenvalue weighted by atomic mass is 35.5. The molecule has 0 unspecified atom stereocenters. The Hall–Kier alpha value is -1.40. The van der Waals surface area contributed by atoms with Gasteiger partial charge in [0, 0.05) is 11.6 Å². The lowest BCUT2D eigenvalue weighted by Gasteiger charge is -2.08. The molecule has 100 valence electrons. The third-order valence-electron chi connectivity index (χ3n) is 2.47. The summed E-state index contributed by atoms with van der Waals surface area (Å²) in [7, 11) is -3.57. The van der Waals surface area contributed by atoms with Crippen molar-refractivity contribution in [3.05, 3.63) is 65.2 Å². The van der Waals surface area contributed by atoms with Crippen LogP contribution >= 0.6 is 11.6 Å². The minimum Gasteiger partial charge on any atom is -0.239 e. The van der Waals surface area contributed by atoms with Crippen LogP contribution in [0, 0.1) is 0 Å². The van der Waals surface area contributed by atoms with Crippen molar-refractivity contribution in [1.82, 2.24) is 10.3 Å². The molecule has 2 aromatic carbocycles. The molecule has 0 atom stereocenters. The SMILES string of the molecule is O=S(=O)(NNCc1ccccc1)c1ccc(Cl)cc1. The summed E-state index contributed by atoms with van der Waals surface area (Å²) in [6.07, 6.45) is 0. The van der Waals surface area contributed by atoms with Crippen LogP contribution in [0.2, 0.25) is 5.02 Å². The predicted molar refractivity (Wildman–Crippen MR) is 75.1 cm³/mol. The smallest absolute Gasteiger partial charge is 0.239 e. The van der Waals surface area contributed by atoms with Crippen LogP contribution in [0.25, 0.3) is 0 Å². The first kappa shape index (κ1) is 14.0. The molecule has 0 saturated carbocycles. The molecule has 19 heavy (non-hydrogen) atoms. The topological polar surface area (TPSA) is 58.2 Å². The summed E-state index contributed by atoms with van der Waals surface area (Å²) in [6.45, 7) is 0.410. The summed E-state index contributed by atoms with van der Waals surface area (Å²) in [4.78, 5) is 2.49. The van der Waals surface area contributed by atoms with Gasteiger partial charge >= 0.3 is 0 Å². The van der Waals surface area contributed by atoms with Gasteiger partial charge in [-0.25, -0.2) is 13.8 Å². The van der Waals surface area contributed by atoms with Crippen molar-refractivity contribution < 1.29 is 8.42 Å². The van der Waals surface area contributed by atoms with E-state index in [-0.39, 0.29) is 4.90 Å². The molecule has 2 rings (SSSR count). The molecular weight excluding hydrogens is 284 g/mol. The van der Waals surface area contributed by atoms with Gasteiger partial charge in [0.2, 0.25) is 0 Å². The van der Waals surface area contributed by atoms with Gasteiger partial charge in [-0.15, -0.1) is 4.83 Å². The van der Waals surface area contributed by atoms with Gasteiger partial charge in [0.1, 0.15) is 0 Å². The summed E-state index contributed by atoms with van der Waals surface area (Å²) < 4.78 is 23.8. The summed E-state index contributed by atoms with van der Waals surface area (Å²) in [6, 6.07) is 15.5. The molecule has 0 heterocycles. The molecule has 0 spiro atoms. The Morgan fingerprint density at radius 1 is 0.947 bits per heavy atom. The van der Waals surface area contributed by atoms with Gasteiger partial charge in [-0.3, -0.25) is 0 Å². The second kappa shape index (κ2) is 6.16. The molecule has 0 aromatic heterocycles. The molecule has 2 N–H and O–H groups in total. The standard InChI is InChI=1S/C13H13ClN2O2S/c14-12-6-8-13(9-7-12)19(17,18)16-15-10-11-4-2-1-3-5-11/h1-9,15-16H,10H2. The average Bonchev–Trinajstić information content (AvgIpc) is 2.40. The van der Waals surface area contributed by atoms with Crippen LogP contribution in [-0.4, -0.2) is 8.42 Å². The Kier molecular flexibility index (Phi) is 4.55. The second-order valence-electron chi connectivity index (χ2n) is 3.90. The second-order valence-corrected chi connectivity index (χ2v) is 6.02. The Morgan fingerprint density at radius 3 is 2.21 bits per heavy atom. The molecular formula is C13H13ClN2O2S. The minimum atomic E-state index is -3.57. The van der Waals surface area contributed by atoms with Gasteiger partial charge in [0.15, 0.2) is 0 Å². The van der Waals surface area contributed by atoms with Crippen LogP contribution in [0.5, 0.6) is 0 Å². The van der Waals surface area contributed by atoms with Crippen molar-refractivity contribution in [3.63, 3.8) is 0 Å². The van der Waals surface area contributed by atoms with Gasteiger partial charge in [0.25, 0.3) is 10.0 Å². The molecule has 0 saturated heterocycles. The first-order valence-corrected chi connectivity index (χ1v) is 7.48. The fraction of sp³-hybridized carbons (Fsp3) is 0.0769. The zero-order valence-electron chi connectivity index (χ0n) is 10.0. The van der Waals surface area contributed by atoms with Crippen molar-refractivity contribution in [2.75, 3.05) is 0 Å². The molecule has 0 bridgehead atoms. The van der Waals surface area contributed by atoms with Crippen LogP contribution in [0.4, 0.5) is 0 Å². The first-order valence-electron chi connectivity index (χ1n) is 5.62. The largest absolute Gasteiger partial charge is 0.253 e. The Labute approximate surface area is 117 Å². The van der Waals surface area contributed by atoms with Crippen LogP contribution in [0.1, 0.15) is 5.56 Å². The zero-order chi connectivity index (χ0) is 13.7. The molecule has 0 fully saturated rings. The van der Waals surface area contributed by atoms with E-state index in [9.17, 15) is 8.42 Å². The van der Waals surface area contributed by atoms with Crippen molar-refractivity contribution in [2.24, 2.45) is 0 Å². The average molecular weight is 297 g/mol. The summed E-state index contributed by atoms with van der Waals surface area (Å²) in [5.41, 5.74) is 3.67. The van der Waals surface area contributed by atoms with E-state index in [2.05, 4.69) is 10.3 Å². The van der Waals surface area contributed by atoms with Gasteiger partial charge in [-0.2, -0.15) is 0 Å². The number of halogens is 1. The van der Waals surface area contributed by atoms with Gasteiger partial charge in [-0.05, 0) is 29.8 Å². The van der Waals surface area contributed by atoms with E-state index in [1.165, 1.54) is 24.3 Å². The molecule has 0 radical (unpaired) electrons. The molecule has 4 nitrogen and oxygen atoms in total. The lowest BCUT2D eigenvalue weighted by Crippen LogP contribution is -2.36. The van der Waals surface area contributed by atoms with Gasteiger partial charge in [-0.1, -0.05) is 41.9 Å². The molecule has 2 aromatic rings. The monoisotopic (exact) mass is 296 g/mol. The maximum atomic E-state index is 11.9. The van der Waals surface area contributed by atoms with Crippen molar-refractivity contribution in [2.45, 2.75) is 11.4 Å². The Bertz CT molecular complexity index is 627. The van der Waals surface area contributed by atoms with Crippen LogP contribution in [0.15, 0.2) is 59.5 Å². The highest BCUT2D eigenvalue weighted by Gasteiger charge is 2.12. The highest BCUT2D eigenvalue weighted by Crippen LogP contribution is 2.13. The van der Waals surface area contributed by atoms with Crippen molar-refractivity contribution in [3.8, 4) is 0 Å². The number of sulfonamides is 1. The maximum absolute atomic E-state index is 11.9. The molecule has 0 aliphatic heterocycles. The lowest BCUT2D eigenvalue weighted by molar-refractivity contribution is 0.555. The Balaban J connectivity index is 1.97. The molecule has 0 aliphatic rings. The summed E-state index contributed by atoms with van der Waals surface area (Å²) >= 11 is 5.72. The van der Waals surface area contributed by atoms with E-state index in [1.807, 2.05) is 30.3 Å². The number of benzene rings is 2. The van der Waals surface area contributed by atoms with Gasteiger partial charge in [0.05, 0.1) is 4.90 Å².